The largest absolute Gasteiger partial charge is 0.756 e. The molecule has 0 saturated carbocycles. The van der Waals surface area contributed by atoms with Crippen molar-refractivity contribution in [2.45, 2.75) is 135 Å². The van der Waals surface area contributed by atoms with E-state index in [0.717, 1.165) is 44.9 Å². The quantitative estimate of drug-likeness (QED) is 0.0517. The first-order chi connectivity index (χ1) is 18.5. The number of phosphoric ester groups is 1. The number of quaternary nitrogens is 1. The number of rotatable bonds is 27. The summed E-state index contributed by atoms with van der Waals surface area (Å²) in [5, 5.41) is 13.6. The number of carbonyl (C=O) groups excluding carboxylic acids is 1. The second-order valence-corrected chi connectivity index (χ2v) is 13.2. The van der Waals surface area contributed by atoms with Crippen LogP contribution in [0.5, 0.6) is 0 Å². The van der Waals surface area contributed by atoms with Gasteiger partial charge in [-0.05, 0) is 38.5 Å². The number of likely N-dealkylation sites (N-methyl/N-ethyl adjacent to an activating group) is 1. The lowest BCUT2D eigenvalue weighted by atomic mass is 10.0. The van der Waals surface area contributed by atoms with Gasteiger partial charge in [0.25, 0.3) is 7.82 Å². The molecule has 0 rings (SSSR count). The normalized spacial score (nSPS) is 15.4. The van der Waals surface area contributed by atoms with E-state index < -0.39 is 20.0 Å². The van der Waals surface area contributed by atoms with E-state index in [0.29, 0.717) is 23.9 Å². The van der Waals surface area contributed by atoms with Crippen molar-refractivity contribution in [3.63, 3.8) is 0 Å². The fourth-order valence-electron chi connectivity index (χ4n) is 4.15. The molecule has 0 aromatic heterocycles. The van der Waals surface area contributed by atoms with E-state index in [2.05, 4.69) is 31.3 Å². The third-order valence-corrected chi connectivity index (χ3v) is 7.72. The van der Waals surface area contributed by atoms with Crippen LogP contribution in [0.2, 0.25) is 0 Å². The number of nitrogens with one attached hydrogen (secondary N) is 1. The van der Waals surface area contributed by atoms with Crippen molar-refractivity contribution < 1.29 is 32.9 Å². The number of unbranched alkanes of at least 4 members (excludes halogenated alkanes) is 12. The number of aliphatic hydroxyl groups is 1. The number of phosphoric acid groups is 1. The third kappa shape index (κ3) is 25.9. The molecule has 0 aromatic rings. The summed E-state index contributed by atoms with van der Waals surface area (Å²) in [6, 6.07) is -0.805. The summed E-state index contributed by atoms with van der Waals surface area (Å²) in [6.07, 6.45) is 20.9. The molecule has 1 unspecified atom stereocenters. The van der Waals surface area contributed by atoms with Crippen molar-refractivity contribution in [2.75, 3.05) is 40.9 Å². The van der Waals surface area contributed by atoms with E-state index in [4.69, 9.17) is 9.05 Å². The monoisotopic (exact) mass is 576 g/mol. The Bertz CT molecular complexity index is 668. The molecule has 2 N–H and O–H groups in total. The van der Waals surface area contributed by atoms with Gasteiger partial charge in [0.05, 0.1) is 39.9 Å². The Kier molecular flexibility index (Phi) is 23.4. The average molecular weight is 577 g/mol. The lowest BCUT2D eigenvalue weighted by molar-refractivity contribution is -0.870. The molecule has 0 aliphatic carbocycles. The zero-order chi connectivity index (χ0) is 29.4. The lowest BCUT2D eigenvalue weighted by Crippen LogP contribution is -2.46. The van der Waals surface area contributed by atoms with E-state index in [1.54, 1.807) is 0 Å². The molecule has 0 saturated heterocycles. The van der Waals surface area contributed by atoms with Gasteiger partial charge in [0.1, 0.15) is 13.2 Å². The third-order valence-electron chi connectivity index (χ3n) is 6.75. The zero-order valence-corrected chi connectivity index (χ0v) is 26.7. The summed E-state index contributed by atoms with van der Waals surface area (Å²) in [5.74, 6) is -0.186. The van der Waals surface area contributed by atoms with Crippen LogP contribution in [0.4, 0.5) is 0 Å². The summed E-state index contributed by atoms with van der Waals surface area (Å²) in [7, 11) is 1.28. The Labute approximate surface area is 240 Å². The molecule has 0 fully saturated rings. The van der Waals surface area contributed by atoms with E-state index in [9.17, 15) is 19.4 Å². The van der Waals surface area contributed by atoms with Crippen LogP contribution in [0.25, 0.3) is 0 Å². The first-order valence-electron chi connectivity index (χ1n) is 15.5. The van der Waals surface area contributed by atoms with Crippen LogP contribution in [0.3, 0.4) is 0 Å². The minimum absolute atomic E-state index is 0.00817. The lowest BCUT2D eigenvalue weighted by Gasteiger charge is -2.30. The van der Waals surface area contributed by atoms with Crippen LogP contribution >= 0.6 is 7.82 Å². The van der Waals surface area contributed by atoms with Crippen molar-refractivity contribution in [2.24, 2.45) is 0 Å². The Morgan fingerprint density at radius 2 is 1.41 bits per heavy atom. The molecular weight excluding hydrogens is 515 g/mol. The first kappa shape index (κ1) is 38.2. The summed E-state index contributed by atoms with van der Waals surface area (Å²) in [6.45, 7) is 4.57. The fourth-order valence-corrected chi connectivity index (χ4v) is 4.87. The molecule has 0 bridgehead atoms. The van der Waals surface area contributed by atoms with E-state index >= 15 is 0 Å². The van der Waals surface area contributed by atoms with Crippen LogP contribution in [-0.2, 0) is 18.4 Å². The second-order valence-electron chi connectivity index (χ2n) is 11.8. The molecule has 3 atom stereocenters. The molecule has 1 amide bonds. The first-order valence-corrected chi connectivity index (χ1v) is 17.0. The highest BCUT2D eigenvalue weighted by Gasteiger charge is 2.24. The predicted molar refractivity (Wildman–Crippen MR) is 159 cm³/mol. The van der Waals surface area contributed by atoms with Crippen molar-refractivity contribution in [1.82, 2.24) is 5.32 Å². The predicted octanol–water partition coefficient (Wildman–Crippen LogP) is 6.27. The molecule has 232 valence electrons. The van der Waals surface area contributed by atoms with Crippen molar-refractivity contribution >= 4 is 13.7 Å². The van der Waals surface area contributed by atoms with Crippen LogP contribution < -0.4 is 10.2 Å². The maximum absolute atomic E-state index is 12.6. The van der Waals surface area contributed by atoms with Gasteiger partial charge in [-0.2, -0.15) is 0 Å². The van der Waals surface area contributed by atoms with Gasteiger partial charge in [0, 0.05) is 6.42 Å². The topological polar surface area (TPSA) is 108 Å². The molecule has 0 aliphatic heterocycles. The van der Waals surface area contributed by atoms with Gasteiger partial charge in [-0.3, -0.25) is 9.36 Å². The molecule has 0 heterocycles. The van der Waals surface area contributed by atoms with Gasteiger partial charge in [0.15, 0.2) is 0 Å². The standard InChI is InChI=1S/C30H61N2O6P/c1-6-8-10-12-14-15-16-18-19-21-23-29(33)28(27-38-39(35,36)37-26-25-32(3,4)5)31-30(34)24-22-20-17-13-11-9-7-2/h15-16,28-29,33H,6-14,17-27H2,1-5H3,(H-,31,34,35,36)/b16-15+/t28-,29+/m0/s1. The van der Waals surface area contributed by atoms with Gasteiger partial charge in [-0.15, -0.1) is 0 Å². The summed E-state index contributed by atoms with van der Waals surface area (Å²) in [5.41, 5.74) is 0. The van der Waals surface area contributed by atoms with Crippen LogP contribution in [0.15, 0.2) is 12.2 Å². The number of amides is 1. The average Bonchev–Trinajstić information content (AvgIpc) is 2.86. The smallest absolute Gasteiger partial charge is 0.268 e. The van der Waals surface area contributed by atoms with Crippen molar-refractivity contribution in [1.29, 1.82) is 0 Å². The number of aliphatic hydroxyl groups excluding tert-OH is 1. The second kappa shape index (κ2) is 23.9. The highest BCUT2D eigenvalue weighted by atomic mass is 31.2. The van der Waals surface area contributed by atoms with Crippen LogP contribution in [-0.4, -0.2) is 68.5 Å². The number of hydrogen-bond donors (Lipinski definition) is 2. The van der Waals surface area contributed by atoms with Gasteiger partial charge in [0.2, 0.25) is 5.91 Å². The van der Waals surface area contributed by atoms with Crippen LogP contribution in [0, 0.1) is 0 Å². The molecular formula is C30H61N2O6P. The maximum atomic E-state index is 12.6. The van der Waals surface area contributed by atoms with E-state index in [-0.39, 0.29) is 19.1 Å². The molecule has 0 aromatic carbocycles. The fraction of sp³-hybridized carbons (Fsp3) is 0.900. The molecule has 9 heteroatoms. The van der Waals surface area contributed by atoms with E-state index in [1.807, 2.05) is 21.1 Å². The van der Waals surface area contributed by atoms with Crippen LogP contribution in [0.1, 0.15) is 123 Å². The highest BCUT2D eigenvalue weighted by Crippen LogP contribution is 2.38. The summed E-state index contributed by atoms with van der Waals surface area (Å²) < 4.78 is 22.9. The molecule has 39 heavy (non-hydrogen) atoms. The number of carbonyl (C=O) groups is 1. The molecule has 8 nitrogen and oxygen atoms in total. The highest BCUT2D eigenvalue weighted by molar-refractivity contribution is 7.45. The summed E-state index contributed by atoms with van der Waals surface area (Å²) >= 11 is 0. The van der Waals surface area contributed by atoms with Gasteiger partial charge in [-0.25, -0.2) is 0 Å². The SMILES string of the molecule is CCCCCC/C=C/CCCC[C@@H](O)[C@H](COP(=O)([O-])OCC[N+](C)(C)C)NC(=O)CCCCCCCCC. The van der Waals surface area contributed by atoms with Gasteiger partial charge < -0.3 is 28.8 Å². The Morgan fingerprint density at radius 3 is 2.00 bits per heavy atom. The number of hydrogen-bond acceptors (Lipinski definition) is 6. The van der Waals surface area contributed by atoms with E-state index in [1.165, 1.54) is 51.4 Å². The van der Waals surface area contributed by atoms with Gasteiger partial charge >= 0.3 is 0 Å². The minimum Gasteiger partial charge on any atom is -0.756 e. The Morgan fingerprint density at radius 1 is 0.872 bits per heavy atom. The summed E-state index contributed by atoms with van der Waals surface area (Å²) in [4.78, 5) is 24.8. The zero-order valence-electron chi connectivity index (χ0n) is 25.8. The Balaban J connectivity index is 4.64. The molecule has 0 spiro atoms. The van der Waals surface area contributed by atoms with Crippen molar-refractivity contribution in [3.05, 3.63) is 12.2 Å². The van der Waals surface area contributed by atoms with Crippen molar-refractivity contribution in [3.8, 4) is 0 Å². The Hall–Kier alpha value is -0.760. The minimum atomic E-state index is -4.54. The molecule has 0 aliphatic rings. The number of allylic oxidation sites excluding steroid dienone is 2. The molecule has 0 radical (unpaired) electrons. The van der Waals surface area contributed by atoms with Gasteiger partial charge in [-0.1, -0.05) is 90.2 Å². The number of nitrogens with zero attached hydrogens (tertiary/aromatic N) is 1. The maximum Gasteiger partial charge on any atom is 0.268 e.